The van der Waals surface area contributed by atoms with E-state index in [9.17, 15) is 13.2 Å². The standard InChI is InChI=1S/C26H27BrCl2N2O4S/c1-5-31(6-2)36(33,34)21-11-7-17(3)22(15-21)26(32)30(4)16-18-8-9-19(13-23(18)27)35-20-10-12-24(28)25(29)14-20/h7-15H,5-6,16H2,1-4H3. The second-order valence-corrected chi connectivity index (χ2v) is 11.8. The fourth-order valence-electron chi connectivity index (χ4n) is 3.63. The molecule has 0 unspecified atom stereocenters. The van der Waals surface area contributed by atoms with Crippen molar-refractivity contribution in [2.45, 2.75) is 32.2 Å². The van der Waals surface area contributed by atoms with Crippen LogP contribution < -0.4 is 4.74 Å². The van der Waals surface area contributed by atoms with E-state index >= 15 is 0 Å². The van der Waals surface area contributed by atoms with E-state index in [0.717, 1.165) is 10.0 Å². The van der Waals surface area contributed by atoms with Gasteiger partial charge in [-0.25, -0.2) is 8.42 Å². The molecule has 0 radical (unpaired) electrons. The second kappa shape index (κ2) is 12.0. The fourth-order valence-corrected chi connectivity index (χ4v) is 5.89. The van der Waals surface area contributed by atoms with E-state index in [1.165, 1.54) is 10.4 Å². The van der Waals surface area contributed by atoms with Gasteiger partial charge in [-0.05, 0) is 54.4 Å². The van der Waals surface area contributed by atoms with Crippen LogP contribution in [0.2, 0.25) is 10.0 Å². The Morgan fingerprint density at radius 1 is 0.944 bits per heavy atom. The fraction of sp³-hybridized carbons (Fsp3) is 0.269. The average Bonchev–Trinajstić information content (AvgIpc) is 2.83. The minimum atomic E-state index is -3.68. The lowest BCUT2D eigenvalue weighted by Gasteiger charge is -2.22. The molecule has 192 valence electrons. The highest BCUT2D eigenvalue weighted by Gasteiger charge is 2.24. The highest BCUT2D eigenvalue weighted by Crippen LogP contribution is 2.32. The molecule has 0 atom stereocenters. The lowest BCUT2D eigenvalue weighted by Crippen LogP contribution is -2.31. The smallest absolute Gasteiger partial charge is 0.254 e. The van der Waals surface area contributed by atoms with Crippen molar-refractivity contribution >= 4 is 55.1 Å². The van der Waals surface area contributed by atoms with E-state index in [0.29, 0.717) is 52.3 Å². The van der Waals surface area contributed by atoms with Gasteiger partial charge in [-0.3, -0.25) is 4.79 Å². The van der Waals surface area contributed by atoms with Crippen LogP contribution in [0.3, 0.4) is 0 Å². The Morgan fingerprint density at radius 2 is 1.58 bits per heavy atom. The number of carbonyl (C=O) groups excluding carboxylic acids is 1. The van der Waals surface area contributed by atoms with Crippen LogP contribution in [0.15, 0.2) is 64.0 Å². The van der Waals surface area contributed by atoms with Crippen molar-refractivity contribution < 1.29 is 17.9 Å². The Hall–Kier alpha value is -2.10. The molecule has 0 spiro atoms. The zero-order valence-electron chi connectivity index (χ0n) is 20.4. The SMILES string of the molecule is CCN(CC)S(=O)(=O)c1ccc(C)c(C(=O)N(C)Cc2ccc(Oc3ccc(Cl)c(Cl)c3)cc2Br)c1. The van der Waals surface area contributed by atoms with E-state index < -0.39 is 10.0 Å². The number of nitrogens with zero attached hydrogens (tertiary/aromatic N) is 2. The summed E-state index contributed by atoms with van der Waals surface area (Å²) < 4.78 is 33.9. The molecule has 0 N–H and O–H groups in total. The number of hydrogen-bond donors (Lipinski definition) is 0. The normalized spacial score (nSPS) is 11.6. The number of hydrogen-bond acceptors (Lipinski definition) is 4. The number of aryl methyl sites for hydroxylation is 1. The third-order valence-corrected chi connectivity index (χ3v) is 9.21. The molecular formula is C26H27BrCl2N2O4S. The quantitative estimate of drug-likeness (QED) is 0.257. The molecule has 0 aliphatic heterocycles. The van der Waals surface area contributed by atoms with Crippen LogP contribution >= 0.6 is 39.1 Å². The summed E-state index contributed by atoms with van der Waals surface area (Å²) in [4.78, 5) is 15.0. The third-order valence-electron chi connectivity index (χ3n) is 5.69. The lowest BCUT2D eigenvalue weighted by molar-refractivity contribution is 0.0784. The Morgan fingerprint density at radius 3 is 2.19 bits per heavy atom. The van der Waals surface area contributed by atoms with Crippen LogP contribution in [0.4, 0.5) is 0 Å². The molecule has 0 saturated carbocycles. The first-order valence-corrected chi connectivity index (χ1v) is 14.2. The molecule has 10 heteroatoms. The topological polar surface area (TPSA) is 66.9 Å². The van der Waals surface area contributed by atoms with Gasteiger partial charge in [-0.2, -0.15) is 4.31 Å². The van der Waals surface area contributed by atoms with Gasteiger partial charge in [0.15, 0.2) is 0 Å². The maximum Gasteiger partial charge on any atom is 0.254 e. The molecule has 0 aromatic heterocycles. The number of rotatable bonds is 9. The van der Waals surface area contributed by atoms with Gasteiger partial charge in [0.25, 0.3) is 5.91 Å². The van der Waals surface area contributed by atoms with Crippen LogP contribution in [0.5, 0.6) is 11.5 Å². The number of amides is 1. The van der Waals surface area contributed by atoms with Crippen molar-refractivity contribution in [3.8, 4) is 11.5 Å². The number of carbonyl (C=O) groups is 1. The van der Waals surface area contributed by atoms with Crippen LogP contribution in [0, 0.1) is 6.92 Å². The van der Waals surface area contributed by atoms with Crippen molar-refractivity contribution in [2.75, 3.05) is 20.1 Å². The van der Waals surface area contributed by atoms with Gasteiger partial charge in [-0.15, -0.1) is 0 Å². The molecule has 36 heavy (non-hydrogen) atoms. The first kappa shape index (κ1) is 28.5. The Kier molecular flexibility index (Phi) is 9.46. The molecule has 3 aromatic carbocycles. The predicted octanol–water partition coefficient (Wildman–Crippen LogP) is 7.16. The summed E-state index contributed by atoms with van der Waals surface area (Å²) in [5.41, 5.74) is 1.91. The molecule has 0 saturated heterocycles. The second-order valence-electron chi connectivity index (χ2n) is 8.16. The van der Waals surface area contributed by atoms with Crippen LogP contribution in [0.25, 0.3) is 0 Å². The van der Waals surface area contributed by atoms with Gasteiger partial charge >= 0.3 is 0 Å². The summed E-state index contributed by atoms with van der Waals surface area (Å²) in [7, 11) is -2.00. The minimum Gasteiger partial charge on any atom is -0.457 e. The van der Waals surface area contributed by atoms with Crippen molar-refractivity contribution in [3.63, 3.8) is 0 Å². The molecule has 0 aliphatic rings. The van der Waals surface area contributed by atoms with Crippen LogP contribution in [-0.2, 0) is 16.6 Å². The first-order chi connectivity index (χ1) is 17.0. The lowest BCUT2D eigenvalue weighted by atomic mass is 10.1. The molecule has 0 heterocycles. The van der Waals surface area contributed by atoms with E-state index in [1.54, 1.807) is 75.2 Å². The maximum atomic E-state index is 13.3. The van der Waals surface area contributed by atoms with E-state index in [2.05, 4.69) is 15.9 Å². The van der Waals surface area contributed by atoms with Crippen molar-refractivity contribution in [1.82, 2.24) is 9.21 Å². The zero-order chi connectivity index (χ0) is 26.6. The summed E-state index contributed by atoms with van der Waals surface area (Å²) in [5.74, 6) is 0.863. The summed E-state index contributed by atoms with van der Waals surface area (Å²) in [5, 5.41) is 0.842. The van der Waals surface area contributed by atoms with Gasteiger partial charge in [-0.1, -0.05) is 65.1 Å². The van der Waals surface area contributed by atoms with Gasteiger partial charge in [0, 0.05) is 42.8 Å². The van der Waals surface area contributed by atoms with E-state index in [4.69, 9.17) is 27.9 Å². The highest BCUT2D eigenvalue weighted by atomic mass is 79.9. The van der Waals surface area contributed by atoms with Crippen LogP contribution in [0.1, 0.15) is 35.3 Å². The summed E-state index contributed by atoms with van der Waals surface area (Å²) in [6.07, 6.45) is 0. The highest BCUT2D eigenvalue weighted by molar-refractivity contribution is 9.10. The molecule has 3 rings (SSSR count). The molecule has 0 fully saturated rings. The summed E-state index contributed by atoms with van der Waals surface area (Å²) in [6, 6.07) is 15.1. The van der Waals surface area contributed by atoms with E-state index in [-0.39, 0.29) is 10.8 Å². The molecule has 0 aliphatic carbocycles. The Labute approximate surface area is 230 Å². The van der Waals surface area contributed by atoms with Crippen molar-refractivity contribution in [2.24, 2.45) is 0 Å². The van der Waals surface area contributed by atoms with E-state index in [1.807, 2.05) is 6.07 Å². The number of ether oxygens (including phenoxy) is 1. The van der Waals surface area contributed by atoms with Gasteiger partial charge in [0.2, 0.25) is 10.0 Å². The monoisotopic (exact) mass is 612 g/mol. The van der Waals surface area contributed by atoms with Crippen molar-refractivity contribution in [1.29, 1.82) is 0 Å². The molecule has 3 aromatic rings. The Bertz CT molecular complexity index is 1380. The number of sulfonamides is 1. The predicted molar refractivity (Wildman–Crippen MR) is 148 cm³/mol. The van der Waals surface area contributed by atoms with Gasteiger partial charge in [0.1, 0.15) is 11.5 Å². The Balaban J connectivity index is 1.79. The summed E-state index contributed by atoms with van der Waals surface area (Å²) >= 11 is 15.6. The molecule has 6 nitrogen and oxygen atoms in total. The van der Waals surface area contributed by atoms with Crippen molar-refractivity contribution in [3.05, 3.63) is 85.8 Å². The average molecular weight is 614 g/mol. The van der Waals surface area contributed by atoms with Gasteiger partial charge in [0.05, 0.1) is 14.9 Å². The number of halogens is 3. The first-order valence-electron chi connectivity index (χ1n) is 11.3. The minimum absolute atomic E-state index is 0.110. The largest absolute Gasteiger partial charge is 0.457 e. The molecule has 1 amide bonds. The molecule has 0 bridgehead atoms. The maximum absolute atomic E-state index is 13.3. The third kappa shape index (κ3) is 6.42. The van der Waals surface area contributed by atoms with Crippen LogP contribution in [-0.4, -0.2) is 43.7 Å². The molecular weight excluding hydrogens is 587 g/mol. The van der Waals surface area contributed by atoms with Gasteiger partial charge < -0.3 is 9.64 Å². The zero-order valence-corrected chi connectivity index (χ0v) is 24.3. The number of benzene rings is 3. The summed E-state index contributed by atoms with van der Waals surface area (Å²) in [6.45, 7) is 6.38.